The highest BCUT2D eigenvalue weighted by Crippen LogP contribution is 2.27. The Morgan fingerprint density at radius 3 is 2.95 bits per heavy atom. The molecular weight excluding hydrogens is 262 g/mol. The van der Waals surface area contributed by atoms with E-state index in [1.54, 1.807) is 7.11 Å². The molecular formula is C17H19N3O. The van der Waals surface area contributed by atoms with Gasteiger partial charge in [0, 0.05) is 11.8 Å². The van der Waals surface area contributed by atoms with Crippen molar-refractivity contribution in [2.24, 2.45) is 0 Å². The number of nitrogens with one attached hydrogen (secondary N) is 1. The Morgan fingerprint density at radius 1 is 1.24 bits per heavy atom. The third kappa shape index (κ3) is 2.62. The zero-order chi connectivity index (χ0) is 14.7. The first kappa shape index (κ1) is 13.6. The summed E-state index contributed by atoms with van der Waals surface area (Å²) in [6, 6.07) is 14.4. The highest BCUT2D eigenvalue weighted by atomic mass is 16.5. The summed E-state index contributed by atoms with van der Waals surface area (Å²) < 4.78 is 7.24. The molecule has 1 N–H and O–H groups in total. The van der Waals surface area contributed by atoms with Gasteiger partial charge in [-0.1, -0.05) is 25.1 Å². The number of ether oxygens (including phenoxy) is 1. The van der Waals surface area contributed by atoms with E-state index in [2.05, 4.69) is 35.5 Å². The Balaban J connectivity index is 2.08. The van der Waals surface area contributed by atoms with Crippen molar-refractivity contribution in [3.05, 3.63) is 66.0 Å². The summed E-state index contributed by atoms with van der Waals surface area (Å²) in [5.74, 6) is 0.867. The average Bonchev–Trinajstić information content (AvgIpc) is 2.96. The fourth-order valence-corrected chi connectivity index (χ4v) is 2.61. The molecule has 0 fully saturated rings. The van der Waals surface area contributed by atoms with Crippen molar-refractivity contribution in [2.45, 2.75) is 13.0 Å². The monoisotopic (exact) mass is 281 g/mol. The molecule has 1 aromatic carbocycles. The summed E-state index contributed by atoms with van der Waals surface area (Å²) in [6.45, 7) is 2.99. The molecule has 3 rings (SSSR count). The number of fused-ring (bicyclic) bond motifs is 1. The average molecular weight is 281 g/mol. The molecule has 2 heterocycles. The molecule has 21 heavy (non-hydrogen) atoms. The largest absolute Gasteiger partial charge is 0.497 e. The van der Waals surface area contributed by atoms with E-state index in [0.717, 1.165) is 17.8 Å². The van der Waals surface area contributed by atoms with Gasteiger partial charge >= 0.3 is 0 Å². The van der Waals surface area contributed by atoms with Gasteiger partial charge in [-0.25, -0.2) is 4.52 Å². The Hall–Kier alpha value is -2.33. The van der Waals surface area contributed by atoms with E-state index in [1.165, 1.54) is 11.1 Å². The van der Waals surface area contributed by atoms with Gasteiger partial charge in [0.15, 0.2) is 0 Å². The molecule has 0 saturated heterocycles. The van der Waals surface area contributed by atoms with Crippen molar-refractivity contribution in [1.29, 1.82) is 0 Å². The lowest BCUT2D eigenvalue weighted by molar-refractivity contribution is 0.413. The van der Waals surface area contributed by atoms with E-state index in [1.807, 2.05) is 41.2 Å². The topological polar surface area (TPSA) is 38.6 Å². The predicted octanol–water partition coefficient (Wildman–Crippen LogP) is 3.04. The van der Waals surface area contributed by atoms with E-state index >= 15 is 0 Å². The first-order valence-electron chi connectivity index (χ1n) is 7.13. The van der Waals surface area contributed by atoms with Crippen molar-refractivity contribution < 1.29 is 4.74 Å². The molecule has 108 valence electrons. The quantitative estimate of drug-likeness (QED) is 0.781. The lowest BCUT2D eigenvalue weighted by atomic mass is 9.99. The predicted molar refractivity (Wildman–Crippen MR) is 83.7 cm³/mol. The van der Waals surface area contributed by atoms with Crippen LogP contribution in [0.2, 0.25) is 0 Å². The Labute approximate surface area is 124 Å². The summed E-state index contributed by atoms with van der Waals surface area (Å²) in [5.41, 5.74) is 3.46. The maximum atomic E-state index is 5.34. The second kappa shape index (κ2) is 5.97. The second-order valence-corrected chi connectivity index (χ2v) is 4.90. The summed E-state index contributed by atoms with van der Waals surface area (Å²) >= 11 is 0. The molecule has 0 radical (unpaired) electrons. The van der Waals surface area contributed by atoms with Gasteiger partial charge in [-0.3, -0.25) is 0 Å². The molecule has 0 aliphatic heterocycles. The van der Waals surface area contributed by atoms with Crippen LogP contribution in [0.5, 0.6) is 5.75 Å². The van der Waals surface area contributed by atoms with E-state index < -0.39 is 0 Å². The fourth-order valence-electron chi connectivity index (χ4n) is 2.61. The smallest absolute Gasteiger partial charge is 0.119 e. The third-order valence-corrected chi connectivity index (χ3v) is 3.60. The van der Waals surface area contributed by atoms with Gasteiger partial charge in [0.1, 0.15) is 5.75 Å². The first-order valence-corrected chi connectivity index (χ1v) is 7.13. The standard InChI is InChI=1S/C17H19N3O/c1-3-18-17(13-7-6-8-14(11-13)21-2)15-12-19-20-10-5-4-9-16(15)20/h4-12,17-18H,3H2,1-2H3. The summed E-state index contributed by atoms with van der Waals surface area (Å²) in [7, 11) is 1.69. The lowest BCUT2D eigenvalue weighted by Crippen LogP contribution is -2.21. The van der Waals surface area contributed by atoms with Crippen LogP contribution in [0.25, 0.3) is 5.52 Å². The van der Waals surface area contributed by atoms with Crippen LogP contribution in [0.3, 0.4) is 0 Å². The number of aromatic nitrogens is 2. The third-order valence-electron chi connectivity index (χ3n) is 3.60. The number of methoxy groups -OCH3 is 1. The van der Waals surface area contributed by atoms with Crippen LogP contribution >= 0.6 is 0 Å². The van der Waals surface area contributed by atoms with Crippen molar-refractivity contribution >= 4 is 5.52 Å². The highest BCUT2D eigenvalue weighted by molar-refractivity contribution is 5.57. The molecule has 2 aromatic heterocycles. The van der Waals surface area contributed by atoms with Gasteiger partial charge in [-0.05, 0) is 36.4 Å². The van der Waals surface area contributed by atoms with Gasteiger partial charge < -0.3 is 10.1 Å². The van der Waals surface area contributed by atoms with Crippen LogP contribution < -0.4 is 10.1 Å². The summed E-state index contributed by atoms with van der Waals surface area (Å²) in [6.07, 6.45) is 3.90. The lowest BCUT2D eigenvalue weighted by Gasteiger charge is -2.18. The van der Waals surface area contributed by atoms with E-state index in [-0.39, 0.29) is 6.04 Å². The van der Waals surface area contributed by atoms with Gasteiger partial charge in [0.25, 0.3) is 0 Å². The number of benzene rings is 1. The molecule has 0 saturated carbocycles. The fraction of sp³-hybridized carbons (Fsp3) is 0.235. The molecule has 0 amide bonds. The van der Waals surface area contributed by atoms with Crippen LogP contribution in [-0.2, 0) is 0 Å². The molecule has 1 unspecified atom stereocenters. The van der Waals surface area contributed by atoms with Crippen molar-refractivity contribution in [3.63, 3.8) is 0 Å². The van der Waals surface area contributed by atoms with Crippen molar-refractivity contribution in [3.8, 4) is 5.75 Å². The molecule has 0 spiro atoms. The number of rotatable bonds is 5. The Morgan fingerprint density at radius 2 is 2.14 bits per heavy atom. The Bertz CT molecular complexity index is 735. The van der Waals surface area contributed by atoms with Crippen LogP contribution in [0, 0.1) is 0 Å². The molecule has 0 aliphatic carbocycles. The molecule has 3 aromatic rings. The van der Waals surface area contributed by atoms with Crippen molar-refractivity contribution in [2.75, 3.05) is 13.7 Å². The van der Waals surface area contributed by atoms with Crippen LogP contribution in [0.1, 0.15) is 24.1 Å². The van der Waals surface area contributed by atoms with Gasteiger partial charge in [0.2, 0.25) is 0 Å². The number of hydrogen-bond acceptors (Lipinski definition) is 3. The number of nitrogens with zero attached hydrogens (tertiary/aromatic N) is 2. The Kier molecular flexibility index (Phi) is 3.88. The maximum Gasteiger partial charge on any atom is 0.119 e. The van der Waals surface area contributed by atoms with Gasteiger partial charge in [-0.2, -0.15) is 5.10 Å². The minimum atomic E-state index is 0.102. The molecule has 4 heteroatoms. The summed E-state index contributed by atoms with van der Waals surface area (Å²) in [4.78, 5) is 0. The number of pyridine rings is 1. The van der Waals surface area contributed by atoms with E-state index in [0.29, 0.717) is 0 Å². The van der Waals surface area contributed by atoms with E-state index in [4.69, 9.17) is 4.74 Å². The van der Waals surface area contributed by atoms with Gasteiger partial charge in [-0.15, -0.1) is 0 Å². The van der Waals surface area contributed by atoms with Crippen LogP contribution in [-0.4, -0.2) is 23.3 Å². The normalized spacial score (nSPS) is 12.5. The minimum Gasteiger partial charge on any atom is -0.497 e. The SMILES string of the molecule is CCNC(c1cccc(OC)c1)c1cnn2ccccc12. The van der Waals surface area contributed by atoms with E-state index in [9.17, 15) is 0 Å². The van der Waals surface area contributed by atoms with Crippen LogP contribution in [0.15, 0.2) is 54.9 Å². The highest BCUT2D eigenvalue weighted by Gasteiger charge is 2.17. The zero-order valence-electron chi connectivity index (χ0n) is 12.3. The molecule has 0 bridgehead atoms. The van der Waals surface area contributed by atoms with Gasteiger partial charge in [0.05, 0.1) is 24.9 Å². The zero-order valence-corrected chi connectivity index (χ0v) is 12.3. The second-order valence-electron chi connectivity index (χ2n) is 4.90. The maximum absolute atomic E-state index is 5.34. The van der Waals surface area contributed by atoms with Crippen LogP contribution in [0.4, 0.5) is 0 Å². The minimum absolute atomic E-state index is 0.102. The first-order chi connectivity index (χ1) is 10.3. The number of hydrogen-bond donors (Lipinski definition) is 1. The molecule has 0 aliphatic rings. The summed E-state index contributed by atoms with van der Waals surface area (Å²) in [5, 5.41) is 7.97. The molecule has 1 atom stereocenters. The molecule has 4 nitrogen and oxygen atoms in total. The van der Waals surface area contributed by atoms with Crippen molar-refractivity contribution in [1.82, 2.24) is 14.9 Å².